The van der Waals surface area contributed by atoms with Crippen LogP contribution in [0.4, 0.5) is 18.9 Å². The molecule has 0 atom stereocenters. The van der Waals surface area contributed by atoms with Crippen LogP contribution in [0.15, 0.2) is 79.0 Å². The summed E-state index contributed by atoms with van der Waals surface area (Å²) < 4.78 is 52.7. The van der Waals surface area contributed by atoms with Crippen molar-refractivity contribution < 1.29 is 41.8 Å². The molecular weight excluding hydrogens is 741 g/mol. The number of Topliss-reactive ketones (excluding diaryl/α,β-unsaturated/α-hetero) is 1. The van der Waals surface area contributed by atoms with E-state index in [0.29, 0.717) is 28.6 Å². The van der Waals surface area contributed by atoms with Crippen molar-refractivity contribution in [3.05, 3.63) is 107 Å². The van der Waals surface area contributed by atoms with Gasteiger partial charge in [-0.3, -0.25) is 29.2 Å². The highest BCUT2D eigenvalue weighted by molar-refractivity contribution is 6.49. The third-order valence-corrected chi connectivity index (χ3v) is 10.4. The van der Waals surface area contributed by atoms with Crippen LogP contribution in [0.1, 0.15) is 93.4 Å². The number of aromatic nitrogens is 3. The van der Waals surface area contributed by atoms with E-state index in [1.54, 1.807) is 24.3 Å². The van der Waals surface area contributed by atoms with Gasteiger partial charge in [0.1, 0.15) is 28.6 Å². The number of anilines is 1. The number of carbonyl (C=O) groups is 4. The van der Waals surface area contributed by atoms with Crippen molar-refractivity contribution in [2.24, 2.45) is 5.92 Å². The van der Waals surface area contributed by atoms with Crippen LogP contribution in [-0.4, -0.2) is 58.5 Å². The Morgan fingerprint density at radius 2 is 1.68 bits per heavy atom. The van der Waals surface area contributed by atoms with Crippen LogP contribution < -0.4 is 25.4 Å². The Labute approximate surface area is 326 Å². The van der Waals surface area contributed by atoms with Gasteiger partial charge in [0.05, 0.1) is 29.9 Å². The van der Waals surface area contributed by atoms with Crippen LogP contribution >= 0.6 is 0 Å². The summed E-state index contributed by atoms with van der Waals surface area (Å²) in [5.41, 5.74) is 0.766. The molecule has 2 aromatic heterocycles. The van der Waals surface area contributed by atoms with Crippen LogP contribution in [0.25, 0.3) is 10.9 Å². The van der Waals surface area contributed by atoms with E-state index in [2.05, 4.69) is 20.9 Å². The summed E-state index contributed by atoms with van der Waals surface area (Å²) in [5, 5.41) is 13.9. The van der Waals surface area contributed by atoms with Crippen LogP contribution in [0.3, 0.4) is 0 Å². The number of benzene rings is 3. The number of halogens is 3. The number of methoxy groups -OCH3 is 1. The Morgan fingerprint density at radius 3 is 2.44 bits per heavy atom. The first-order chi connectivity index (χ1) is 27.5. The lowest BCUT2D eigenvalue weighted by atomic mass is 9.86. The van der Waals surface area contributed by atoms with Gasteiger partial charge in [0.25, 0.3) is 23.5 Å². The van der Waals surface area contributed by atoms with Gasteiger partial charge in [0, 0.05) is 23.2 Å². The van der Waals surface area contributed by atoms with Crippen molar-refractivity contribution in [2.45, 2.75) is 63.6 Å². The summed E-state index contributed by atoms with van der Waals surface area (Å²) in [5.74, 6) is -1.48. The van der Waals surface area contributed by atoms with Gasteiger partial charge in [-0.2, -0.15) is 18.3 Å². The molecule has 1 saturated carbocycles. The molecule has 0 radical (unpaired) electrons. The zero-order valence-electron chi connectivity index (χ0n) is 31.2. The average Bonchev–Trinajstić information content (AvgIpc) is 3.62. The molecule has 5 aromatic rings. The molecule has 3 aromatic carbocycles. The molecular formula is C42H41F3N6O6. The standard InChI is InChI=1S/C42H41F3N6O6/c1-56-35-22-32-27(21-33(35)48-39(53)31-9-6-11-36(47-31)42(43,44)45)24-51(50-32)28-16-12-26(13-17-28)23-46-20-4-2-3-7-25-14-18-29(19-15-25)57-34-10-5-8-30-37(34)40(54)49-41(55)38(30)52/h5-6,8-11,14-15,18-19,21-22,24,26,28,46H,2-4,7,12-13,16-17,20,23H2,1H3,(H,48,53)(H,49,54,55). The van der Waals surface area contributed by atoms with Crippen molar-refractivity contribution in [1.82, 2.24) is 25.4 Å². The predicted octanol–water partition coefficient (Wildman–Crippen LogP) is 7.69. The molecule has 3 amide bonds. The number of aryl methyl sites for hydroxylation is 1. The third-order valence-electron chi connectivity index (χ3n) is 10.4. The number of nitrogens with zero attached hydrogens (tertiary/aromatic N) is 3. The van der Waals surface area contributed by atoms with Gasteiger partial charge in [0.15, 0.2) is 0 Å². The highest BCUT2D eigenvalue weighted by atomic mass is 19.4. The number of fused-ring (bicyclic) bond motifs is 2. The number of rotatable bonds is 14. The molecule has 3 heterocycles. The minimum atomic E-state index is -4.67. The number of ketones is 1. The highest BCUT2D eigenvalue weighted by Crippen LogP contribution is 2.36. The zero-order chi connectivity index (χ0) is 40.1. The van der Waals surface area contributed by atoms with E-state index in [1.807, 2.05) is 35.1 Å². The Hall–Kier alpha value is -6.09. The second-order valence-corrected chi connectivity index (χ2v) is 14.3. The molecule has 1 aliphatic heterocycles. The van der Waals surface area contributed by atoms with Gasteiger partial charge in [-0.25, -0.2) is 4.98 Å². The molecule has 1 aliphatic carbocycles. The molecule has 0 spiro atoms. The first-order valence-electron chi connectivity index (χ1n) is 18.9. The normalized spacial score (nSPS) is 16.9. The monoisotopic (exact) mass is 782 g/mol. The maximum absolute atomic E-state index is 13.1. The summed E-state index contributed by atoms with van der Waals surface area (Å²) in [7, 11) is 1.45. The van der Waals surface area contributed by atoms with Gasteiger partial charge < -0.3 is 20.1 Å². The number of ether oxygens (including phenoxy) is 2. The van der Waals surface area contributed by atoms with E-state index in [-0.39, 0.29) is 28.6 Å². The lowest BCUT2D eigenvalue weighted by Gasteiger charge is -2.28. The van der Waals surface area contributed by atoms with Crippen LogP contribution in [0.2, 0.25) is 0 Å². The summed E-state index contributed by atoms with van der Waals surface area (Å²) in [4.78, 5) is 52.6. The second kappa shape index (κ2) is 17.0. The van der Waals surface area contributed by atoms with Crippen molar-refractivity contribution in [1.29, 1.82) is 0 Å². The third kappa shape index (κ3) is 9.15. The topological polar surface area (TPSA) is 154 Å². The second-order valence-electron chi connectivity index (χ2n) is 14.3. The zero-order valence-corrected chi connectivity index (χ0v) is 31.2. The summed E-state index contributed by atoms with van der Waals surface area (Å²) in [6.45, 7) is 1.91. The Morgan fingerprint density at radius 1 is 0.912 bits per heavy atom. The molecule has 3 N–H and O–H groups in total. The van der Waals surface area contributed by atoms with Gasteiger partial charge in [0.2, 0.25) is 0 Å². The number of pyridine rings is 1. The number of hydrogen-bond donors (Lipinski definition) is 3. The first kappa shape index (κ1) is 39.2. The molecule has 0 unspecified atom stereocenters. The lowest BCUT2D eigenvalue weighted by Crippen LogP contribution is -2.42. The molecule has 15 heteroatoms. The molecule has 57 heavy (non-hydrogen) atoms. The minimum Gasteiger partial charge on any atom is -0.494 e. The van der Waals surface area contributed by atoms with Crippen molar-refractivity contribution >= 4 is 40.1 Å². The highest BCUT2D eigenvalue weighted by Gasteiger charge is 2.34. The Bertz CT molecular complexity index is 2300. The first-order valence-corrected chi connectivity index (χ1v) is 18.9. The van der Waals surface area contributed by atoms with Gasteiger partial charge in [-0.15, -0.1) is 0 Å². The molecule has 0 saturated heterocycles. The fraction of sp³-hybridized carbons (Fsp3) is 0.333. The van der Waals surface area contributed by atoms with E-state index >= 15 is 0 Å². The Kier molecular flexibility index (Phi) is 11.6. The molecule has 1 fully saturated rings. The van der Waals surface area contributed by atoms with E-state index in [0.717, 1.165) is 82.0 Å². The number of amides is 3. The van der Waals surface area contributed by atoms with Crippen molar-refractivity contribution in [3.8, 4) is 17.2 Å². The number of nitrogens with one attached hydrogen (secondary N) is 3. The maximum atomic E-state index is 13.1. The van der Waals surface area contributed by atoms with E-state index in [9.17, 15) is 32.3 Å². The number of unbranched alkanes of at least 4 members (excludes halogenated alkanes) is 2. The number of carbonyl (C=O) groups excluding carboxylic acids is 4. The smallest absolute Gasteiger partial charge is 0.433 e. The largest absolute Gasteiger partial charge is 0.494 e. The van der Waals surface area contributed by atoms with Crippen molar-refractivity contribution in [3.63, 3.8) is 0 Å². The summed E-state index contributed by atoms with van der Waals surface area (Å²) in [6, 6.07) is 19.1. The quantitative estimate of drug-likeness (QED) is 0.0585. The van der Waals surface area contributed by atoms with Gasteiger partial charge in [-0.1, -0.05) is 30.7 Å². The lowest BCUT2D eigenvalue weighted by molar-refractivity contribution is -0.141. The van der Waals surface area contributed by atoms with E-state index in [1.165, 1.54) is 24.8 Å². The molecule has 0 bridgehead atoms. The average molecular weight is 783 g/mol. The molecule has 296 valence electrons. The number of hydrogen-bond acceptors (Lipinski definition) is 9. The number of alkyl halides is 3. The minimum absolute atomic E-state index is 0.0354. The maximum Gasteiger partial charge on any atom is 0.433 e. The Balaban J connectivity index is 0.816. The summed E-state index contributed by atoms with van der Waals surface area (Å²) >= 11 is 0. The SMILES string of the molecule is COc1cc2nn(C3CCC(CNCCCCCc4ccc(Oc5cccc6c5C(=O)NC(=O)C6=O)cc4)CC3)cc2cc1NC(=O)c1cccc(C(F)(F)F)n1. The van der Waals surface area contributed by atoms with Crippen molar-refractivity contribution in [2.75, 3.05) is 25.5 Å². The van der Waals surface area contributed by atoms with Crippen LogP contribution in [-0.2, 0) is 17.4 Å². The van der Waals surface area contributed by atoms with Gasteiger partial charge >= 0.3 is 6.18 Å². The van der Waals surface area contributed by atoms with Crippen LogP contribution in [0.5, 0.6) is 17.2 Å². The molecule has 7 rings (SSSR count). The predicted molar refractivity (Wildman–Crippen MR) is 205 cm³/mol. The van der Waals surface area contributed by atoms with E-state index < -0.39 is 35.4 Å². The fourth-order valence-corrected chi connectivity index (χ4v) is 7.34. The summed E-state index contributed by atoms with van der Waals surface area (Å²) in [6.07, 6.45) is 5.49. The van der Waals surface area contributed by atoms with Crippen LogP contribution in [0, 0.1) is 5.92 Å². The van der Waals surface area contributed by atoms with E-state index in [4.69, 9.17) is 14.6 Å². The van der Waals surface area contributed by atoms with Gasteiger partial charge in [-0.05, 0) is 112 Å². The number of imide groups is 1. The molecule has 2 aliphatic rings. The molecule has 12 nitrogen and oxygen atoms in total. The fourth-order valence-electron chi connectivity index (χ4n) is 7.34.